The maximum absolute atomic E-state index is 12.6. The average Bonchev–Trinajstić information content (AvgIpc) is 2.86. The molecule has 1 N–H and O–H groups in total. The number of rotatable bonds is 3. The first-order valence-corrected chi connectivity index (χ1v) is 8.00. The molecule has 110 valence electrons. The van der Waals surface area contributed by atoms with Crippen LogP contribution in [-0.4, -0.2) is 70.6 Å². The normalized spacial score (nSPS) is 21.2. The highest BCUT2D eigenvalue weighted by molar-refractivity contribution is 7.08. The van der Waals surface area contributed by atoms with Crippen LogP contribution in [0.1, 0.15) is 35.1 Å². The Morgan fingerprint density at radius 3 is 2.55 bits per heavy atom. The van der Waals surface area contributed by atoms with Crippen LogP contribution in [0.25, 0.3) is 0 Å². The van der Waals surface area contributed by atoms with Gasteiger partial charge in [-0.3, -0.25) is 9.69 Å². The second kappa shape index (κ2) is 5.75. The third-order valence-electron chi connectivity index (χ3n) is 4.13. The largest absolute Gasteiger partial charge is 0.335 e. The third kappa shape index (κ3) is 2.57. The van der Waals surface area contributed by atoms with Gasteiger partial charge in [-0.1, -0.05) is 18.3 Å². The number of hydrogen-bond donors (Lipinski definition) is 1. The lowest BCUT2D eigenvalue weighted by Crippen LogP contribution is -2.62. The van der Waals surface area contributed by atoms with Crippen molar-refractivity contribution in [2.24, 2.45) is 0 Å². The van der Waals surface area contributed by atoms with Gasteiger partial charge >= 0.3 is 0 Å². The van der Waals surface area contributed by atoms with Crippen molar-refractivity contribution in [3.8, 4) is 0 Å². The van der Waals surface area contributed by atoms with Crippen molar-refractivity contribution in [1.29, 1.82) is 0 Å². The molecule has 6 nitrogen and oxygen atoms in total. The summed E-state index contributed by atoms with van der Waals surface area (Å²) in [5.74, 6) is 0.352. The summed E-state index contributed by atoms with van der Waals surface area (Å²) in [5.41, 5.74) is 0.839. The lowest BCUT2D eigenvalue weighted by atomic mass is 10.1. The molecule has 0 unspecified atom stereocenters. The molecule has 0 saturated carbocycles. The van der Waals surface area contributed by atoms with E-state index in [9.17, 15) is 4.79 Å². The molecule has 1 amide bonds. The summed E-state index contributed by atoms with van der Waals surface area (Å²) < 4.78 is 3.95. The van der Waals surface area contributed by atoms with Crippen LogP contribution in [0.4, 0.5) is 0 Å². The van der Waals surface area contributed by atoms with Gasteiger partial charge in [0.1, 0.15) is 4.88 Å². The summed E-state index contributed by atoms with van der Waals surface area (Å²) in [4.78, 5) is 17.7. The van der Waals surface area contributed by atoms with E-state index >= 15 is 0 Å². The average molecular weight is 295 g/mol. The van der Waals surface area contributed by atoms with Crippen molar-refractivity contribution in [2.45, 2.75) is 25.8 Å². The molecule has 0 spiro atoms. The first kappa shape index (κ1) is 13.9. The summed E-state index contributed by atoms with van der Waals surface area (Å²) >= 11 is 1.23. The minimum atomic E-state index is 0.107. The number of carbonyl (C=O) groups is 1. The summed E-state index contributed by atoms with van der Waals surface area (Å²) in [6.07, 6.45) is 0. The van der Waals surface area contributed by atoms with Gasteiger partial charge in [0.15, 0.2) is 0 Å². The Balaban J connectivity index is 1.62. The maximum Gasteiger partial charge on any atom is 0.267 e. The summed E-state index contributed by atoms with van der Waals surface area (Å²) in [6.45, 7) is 9.84. The van der Waals surface area contributed by atoms with Gasteiger partial charge in [-0.15, -0.1) is 5.10 Å². The molecule has 0 atom stereocenters. The molecule has 0 bridgehead atoms. The van der Waals surface area contributed by atoms with E-state index in [1.807, 2.05) is 4.90 Å². The summed E-state index contributed by atoms with van der Waals surface area (Å²) in [6, 6.07) is 0.670. The van der Waals surface area contributed by atoms with Crippen LogP contribution in [0.2, 0.25) is 0 Å². The second-order valence-electron chi connectivity index (χ2n) is 5.78. The highest BCUT2D eigenvalue weighted by Crippen LogP contribution is 2.22. The monoisotopic (exact) mass is 295 g/mol. The first-order valence-electron chi connectivity index (χ1n) is 7.23. The molecule has 0 aromatic carbocycles. The number of piperazine rings is 1. The van der Waals surface area contributed by atoms with Crippen molar-refractivity contribution in [3.05, 3.63) is 10.6 Å². The van der Waals surface area contributed by atoms with E-state index in [2.05, 4.69) is 33.7 Å². The van der Waals surface area contributed by atoms with Crippen molar-refractivity contribution in [1.82, 2.24) is 24.7 Å². The lowest BCUT2D eigenvalue weighted by Gasteiger charge is -2.43. The van der Waals surface area contributed by atoms with Crippen LogP contribution < -0.4 is 5.32 Å². The molecule has 2 aliphatic rings. The Morgan fingerprint density at radius 1 is 1.30 bits per heavy atom. The fourth-order valence-electron chi connectivity index (χ4n) is 2.69. The van der Waals surface area contributed by atoms with E-state index in [1.54, 1.807) is 0 Å². The van der Waals surface area contributed by atoms with Gasteiger partial charge in [-0.05, 0) is 17.5 Å². The van der Waals surface area contributed by atoms with Crippen LogP contribution in [-0.2, 0) is 0 Å². The number of carbonyl (C=O) groups excluding carboxylic acids is 1. The number of aromatic nitrogens is 2. The lowest BCUT2D eigenvalue weighted by molar-refractivity contribution is 0.0504. The van der Waals surface area contributed by atoms with E-state index in [1.165, 1.54) is 11.5 Å². The molecular weight excluding hydrogens is 274 g/mol. The van der Waals surface area contributed by atoms with Crippen LogP contribution >= 0.6 is 11.5 Å². The van der Waals surface area contributed by atoms with Crippen molar-refractivity contribution in [2.75, 3.05) is 39.3 Å². The van der Waals surface area contributed by atoms with Crippen molar-refractivity contribution in [3.63, 3.8) is 0 Å². The molecule has 3 heterocycles. The Labute approximate surface area is 123 Å². The van der Waals surface area contributed by atoms with E-state index in [4.69, 9.17) is 0 Å². The quantitative estimate of drug-likeness (QED) is 0.874. The molecule has 1 aromatic heterocycles. The smallest absolute Gasteiger partial charge is 0.267 e. The SMILES string of the molecule is CC(C)c1nnsc1C(=O)N1CCN(C2CNC2)CC1. The Bertz CT molecular complexity index is 477. The van der Waals surface area contributed by atoms with Gasteiger partial charge in [0.2, 0.25) is 0 Å². The highest BCUT2D eigenvalue weighted by atomic mass is 32.1. The van der Waals surface area contributed by atoms with E-state index in [0.29, 0.717) is 6.04 Å². The number of nitrogens with zero attached hydrogens (tertiary/aromatic N) is 4. The van der Waals surface area contributed by atoms with E-state index in [0.717, 1.165) is 49.8 Å². The molecule has 2 fully saturated rings. The highest BCUT2D eigenvalue weighted by Gasteiger charge is 2.31. The number of amides is 1. The van der Waals surface area contributed by atoms with Crippen LogP contribution in [0, 0.1) is 0 Å². The molecule has 3 rings (SSSR count). The second-order valence-corrected chi connectivity index (χ2v) is 6.54. The molecule has 7 heteroatoms. The van der Waals surface area contributed by atoms with Gasteiger partial charge < -0.3 is 10.2 Å². The van der Waals surface area contributed by atoms with Crippen LogP contribution in [0.5, 0.6) is 0 Å². The van der Waals surface area contributed by atoms with E-state index < -0.39 is 0 Å². The number of nitrogens with one attached hydrogen (secondary N) is 1. The van der Waals surface area contributed by atoms with Gasteiger partial charge in [0.25, 0.3) is 5.91 Å². The zero-order chi connectivity index (χ0) is 14.1. The topological polar surface area (TPSA) is 61.4 Å². The fraction of sp³-hybridized carbons (Fsp3) is 0.769. The molecule has 1 aromatic rings. The zero-order valence-electron chi connectivity index (χ0n) is 12.0. The standard InChI is InChI=1S/C13H21N5OS/c1-9(2)11-12(20-16-15-11)13(19)18-5-3-17(4-6-18)10-7-14-8-10/h9-10,14H,3-8H2,1-2H3. The summed E-state index contributed by atoms with van der Waals surface area (Å²) in [5, 5.41) is 7.40. The zero-order valence-corrected chi connectivity index (χ0v) is 12.8. The fourth-order valence-corrected chi connectivity index (χ4v) is 3.48. The Kier molecular flexibility index (Phi) is 4.00. The molecule has 0 aliphatic carbocycles. The molecule has 20 heavy (non-hydrogen) atoms. The molecular formula is C13H21N5OS. The maximum atomic E-state index is 12.6. The molecule has 2 saturated heterocycles. The minimum absolute atomic E-state index is 0.107. The third-order valence-corrected chi connectivity index (χ3v) is 4.86. The minimum Gasteiger partial charge on any atom is -0.335 e. The summed E-state index contributed by atoms with van der Waals surface area (Å²) in [7, 11) is 0. The first-order chi connectivity index (χ1) is 9.66. The van der Waals surface area contributed by atoms with E-state index in [-0.39, 0.29) is 11.8 Å². The van der Waals surface area contributed by atoms with Gasteiger partial charge in [-0.25, -0.2) is 0 Å². The van der Waals surface area contributed by atoms with Gasteiger partial charge in [0.05, 0.1) is 5.69 Å². The van der Waals surface area contributed by atoms with Crippen molar-refractivity contribution < 1.29 is 4.79 Å². The Morgan fingerprint density at radius 2 is 2.00 bits per heavy atom. The Hall–Kier alpha value is -1.05. The predicted molar refractivity (Wildman–Crippen MR) is 78.1 cm³/mol. The molecule has 2 aliphatic heterocycles. The number of hydrogen-bond acceptors (Lipinski definition) is 6. The van der Waals surface area contributed by atoms with Crippen LogP contribution in [0.3, 0.4) is 0 Å². The van der Waals surface area contributed by atoms with Gasteiger partial charge in [-0.2, -0.15) is 0 Å². The van der Waals surface area contributed by atoms with Crippen molar-refractivity contribution >= 4 is 17.4 Å². The molecule has 0 radical (unpaired) electrons. The van der Waals surface area contributed by atoms with Crippen LogP contribution in [0.15, 0.2) is 0 Å². The van der Waals surface area contributed by atoms with Gasteiger partial charge in [0, 0.05) is 45.3 Å². The predicted octanol–water partition coefficient (Wildman–Crippen LogP) is 0.391.